The van der Waals surface area contributed by atoms with Gasteiger partial charge < -0.3 is 35.5 Å². The molecule has 0 rings (SSSR count). The third-order valence-corrected chi connectivity index (χ3v) is 0. The van der Waals surface area contributed by atoms with E-state index in [9.17, 15) is 0 Å². The topological polar surface area (TPSA) is 71.4 Å². The van der Waals surface area contributed by atoms with Crippen LogP contribution in [0.25, 0.3) is 0 Å². The Morgan fingerprint density at radius 2 is 0.571 bits per heavy atom. The number of nitrogens with zero attached hydrogens (tertiary/aromatic N) is 3. The summed E-state index contributed by atoms with van der Waals surface area (Å²) in [4.78, 5) is 0. The first-order chi connectivity index (χ1) is 3.00. The van der Waals surface area contributed by atoms with E-state index in [0.717, 1.165) is 0 Å². The second-order valence-electron chi connectivity index (χ2n) is 0. The van der Waals surface area contributed by atoms with Crippen molar-refractivity contribution in [3.63, 3.8) is 0 Å². The second kappa shape index (κ2) is 112. The maximum absolute atomic E-state index is 6.25. The molecular weight excluding hydrogens is 270 g/mol. The Labute approximate surface area is 56.1 Å². The largest absolute Gasteiger partial charge is 3.00 e. The van der Waals surface area contributed by atoms with Crippen molar-refractivity contribution in [2.45, 2.75) is 0 Å². The van der Waals surface area contributed by atoms with Crippen LogP contribution in [0, 0.1) is 35.5 Å². The van der Waals surface area contributed by atoms with Crippen molar-refractivity contribution in [3.05, 3.63) is 19.7 Å². The number of hydrogen-bond donors (Lipinski definition) is 0. The Kier molecular flexibility index (Phi) is 571. The first-order valence-corrected chi connectivity index (χ1v) is 0.671. The summed E-state index contributed by atoms with van der Waals surface area (Å²) in [7, 11) is 0. The molecule has 0 radical (unpaired) electrons. The summed E-state index contributed by atoms with van der Waals surface area (Å²) in [6, 6.07) is 0. The summed E-state index contributed by atoms with van der Waals surface area (Å²) in [5, 5.41) is 18.8. The maximum Gasteiger partial charge on any atom is 3.00 e. The average molecular weight is 270 g/mol. The van der Waals surface area contributed by atoms with Gasteiger partial charge in [-0.3, -0.25) is 0 Å². The zero-order valence-electron chi connectivity index (χ0n) is 3.17. The van der Waals surface area contributed by atoms with Crippen LogP contribution in [0.1, 0.15) is 0 Å². The minimum atomic E-state index is 0. The molecule has 0 amide bonds. The third-order valence-electron chi connectivity index (χ3n) is 0. The van der Waals surface area contributed by atoms with E-state index in [4.69, 9.17) is 35.5 Å². The van der Waals surface area contributed by atoms with Gasteiger partial charge in [-0.25, -0.2) is 0 Å². The molecule has 3 nitrogen and oxygen atoms in total. The minimum Gasteiger partial charge on any atom is -0.512 e. The van der Waals surface area contributed by atoms with Crippen LogP contribution in [-0.4, -0.2) is 0 Å². The molecule has 0 spiro atoms. The van der Waals surface area contributed by atoms with Crippen LogP contribution in [0.4, 0.5) is 0 Å². The van der Waals surface area contributed by atoms with Crippen LogP contribution in [0.15, 0.2) is 0 Å². The molecule has 7 heavy (non-hydrogen) atoms. The van der Waals surface area contributed by atoms with Gasteiger partial charge in [0.1, 0.15) is 0 Å². The maximum atomic E-state index is 6.25. The first kappa shape index (κ1) is 35.7. The van der Waals surface area contributed by atoms with E-state index < -0.39 is 0 Å². The summed E-state index contributed by atoms with van der Waals surface area (Å²) < 4.78 is 0. The third kappa shape index (κ3) is 64.2. The van der Waals surface area contributed by atoms with Crippen molar-refractivity contribution in [1.82, 2.24) is 0 Å². The molecule has 0 aliphatic rings. The molecule has 0 unspecified atom stereocenters. The molecule has 36 valence electrons. The van der Waals surface area contributed by atoms with Crippen LogP contribution in [0.2, 0.25) is 0 Å². The van der Waals surface area contributed by atoms with Crippen molar-refractivity contribution in [2.24, 2.45) is 0 Å². The summed E-state index contributed by atoms with van der Waals surface area (Å²) in [5.74, 6) is 0. The van der Waals surface area contributed by atoms with Crippen molar-refractivity contribution >= 4 is 0 Å². The zero-order chi connectivity index (χ0) is 6.00. The fourth-order valence-electron chi connectivity index (χ4n) is 0. The van der Waals surface area contributed by atoms with Gasteiger partial charge in [0.2, 0.25) is 0 Å². The summed E-state index contributed by atoms with van der Waals surface area (Å²) >= 11 is 0. The molecule has 0 saturated carbocycles. The molecule has 0 aliphatic heterocycles. The van der Waals surface area contributed by atoms with Gasteiger partial charge in [-0.05, 0) is 0 Å². The molecular formula is C3IrN3. The van der Waals surface area contributed by atoms with Crippen LogP contribution in [0.3, 0.4) is 0 Å². The first-order valence-electron chi connectivity index (χ1n) is 0.671. The molecule has 0 N–H and O–H groups in total. The SMILES string of the molecule is [C-]#N.[C-]#N.[C-]#N.[Ir+3]. The Morgan fingerprint density at radius 3 is 0.571 bits per heavy atom. The molecule has 0 aromatic rings. The van der Waals surface area contributed by atoms with Crippen LogP contribution < -0.4 is 0 Å². The minimum absolute atomic E-state index is 0. The summed E-state index contributed by atoms with van der Waals surface area (Å²) in [6.07, 6.45) is 0. The van der Waals surface area contributed by atoms with Gasteiger partial charge in [0.15, 0.2) is 0 Å². The number of hydrogen-bond acceptors (Lipinski definition) is 3. The van der Waals surface area contributed by atoms with Gasteiger partial charge in [-0.1, -0.05) is 0 Å². The van der Waals surface area contributed by atoms with Gasteiger partial charge in [-0.15, -0.1) is 0 Å². The van der Waals surface area contributed by atoms with Gasteiger partial charge in [0.05, 0.1) is 0 Å². The molecule has 0 aliphatic carbocycles. The summed E-state index contributed by atoms with van der Waals surface area (Å²) in [5.41, 5.74) is 0. The van der Waals surface area contributed by atoms with Crippen LogP contribution in [0.5, 0.6) is 0 Å². The Hall–Kier alpha value is -0.881. The molecule has 0 aromatic heterocycles. The zero-order valence-corrected chi connectivity index (χ0v) is 5.57. The monoisotopic (exact) mass is 271 g/mol. The van der Waals surface area contributed by atoms with Crippen molar-refractivity contribution < 1.29 is 20.1 Å². The molecule has 0 fully saturated rings. The van der Waals surface area contributed by atoms with E-state index in [-0.39, 0.29) is 20.1 Å². The molecule has 0 saturated heterocycles. The van der Waals surface area contributed by atoms with Crippen molar-refractivity contribution in [2.75, 3.05) is 0 Å². The standard InChI is InChI=1S/3CN.Ir/c3*1-2;/q3*-1;+3. The normalized spacial score (nSPS) is 0.857. The molecule has 0 aromatic carbocycles. The molecule has 0 bridgehead atoms. The Bertz CT molecular complexity index is 38.7. The molecule has 4 heteroatoms. The Balaban J connectivity index is -0.00000000900. The smallest absolute Gasteiger partial charge is 0.512 e. The predicted octanol–water partition coefficient (Wildman–Crippen LogP) is 0.287. The number of rotatable bonds is 0. The van der Waals surface area contributed by atoms with Crippen molar-refractivity contribution in [3.8, 4) is 0 Å². The van der Waals surface area contributed by atoms with E-state index >= 15 is 0 Å². The predicted molar refractivity (Wildman–Crippen MR) is 14.9 cm³/mol. The molecule has 0 atom stereocenters. The van der Waals surface area contributed by atoms with Gasteiger partial charge in [0.25, 0.3) is 0 Å². The van der Waals surface area contributed by atoms with E-state index in [1.807, 2.05) is 0 Å². The van der Waals surface area contributed by atoms with Crippen molar-refractivity contribution in [1.29, 1.82) is 15.8 Å². The van der Waals surface area contributed by atoms with Gasteiger partial charge in [-0.2, -0.15) is 0 Å². The van der Waals surface area contributed by atoms with E-state index in [0.29, 0.717) is 0 Å². The second-order valence-corrected chi connectivity index (χ2v) is 0. The quantitative estimate of drug-likeness (QED) is 0.594. The Morgan fingerprint density at radius 1 is 0.571 bits per heavy atom. The van der Waals surface area contributed by atoms with E-state index in [1.165, 1.54) is 0 Å². The van der Waals surface area contributed by atoms with E-state index in [2.05, 4.69) is 0 Å². The van der Waals surface area contributed by atoms with Gasteiger partial charge in [0, 0.05) is 0 Å². The molecule has 0 heterocycles. The van der Waals surface area contributed by atoms with E-state index in [1.54, 1.807) is 0 Å². The fraction of sp³-hybridized carbons (Fsp3) is 0. The fourth-order valence-corrected chi connectivity index (χ4v) is 0. The van der Waals surface area contributed by atoms with Crippen LogP contribution in [-0.2, 0) is 20.1 Å². The van der Waals surface area contributed by atoms with Crippen LogP contribution >= 0.6 is 0 Å². The van der Waals surface area contributed by atoms with Gasteiger partial charge >= 0.3 is 20.1 Å². The summed E-state index contributed by atoms with van der Waals surface area (Å²) in [6.45, 7) is 14.2. The average Bonchev–Trinajstić information content (AvgIpc) is 1.81.